The number of carbonyl (C=O) groups excluding carboxylic acids is 1. The molecule has 0 aliphatic carbocycles. The predicted molar refractivity (Wildman–Crippen MR) is 79.9 cm³/mol. The molecule has 1 aromatic carbocycles. The van der Waals surface area contributed by atoms with Gasteiger partial charge >= 0.3 is 6.18 Å². The van der Waals surface area contributed by atoms with Gasteiger partial charge in [0.15, 0.2) is 11.6 Å². The number of nitrogens with zero attached hydrogens (tertiary/aromatic N) is 4. The highest BCUT2D eigenvalue weighted by Gasteiger charge is 2.43. The summed E-state index contributed by atoms with van der Waals surface area (Å²) in [4.78, 5) is 12.2. The fraction of sp³-hybridized carbons (Fsp3) is 0.400. The summed E-state index contributed by atoms with van der Waals surface area (Å²) in [5.41, 5.74) is -0.372. The van der Waals surface area contributed by atoms with Crippen molar-refractivity contribution in [1.29, 1.82) is 5.26 Å². The number of aromatic amines is 1. The van der Waals surface area contributed by atoms with Crippen LogP contribution in [0.15, 0.2) is 24.3 Å². The summed E-state index contributed by atoms with van der Waals surface area (Å²) in [6.07, 6.45) is -5.42. The van der Waals surface area contributed by atoms with Gasteiger partial charge in [-0.25, -0.2) is 4.39 Å². The first-order valence-electron chi connectivity index (χ1n) is 7.51. The van der Waals surface area contributed by atoms with Crippen LogP contribution >= 0.6 is 0 Å². The zero-order chi connectivity index (χ0) is 19.2. The van der Waals surface area contributed by atoms with Crippen LogP contribution in [0.5, 0.6) is 0 Å². The van der Waals surface area contributed by atoms with Crippen molar-refractivity contribution in [1.82, 2.24) is 25.9 Å². The molecule has 0 saturated heterocycles. The van der Waals surface area contributed by atoms with E-state index in [0.717, 1.165) is 24.3 Å². The van der Waals surface area contributed by atoms with Crippen molar-refractivity contribution >= 4 is 5.78 Å². The van der Waals surface area contributed by atoms with Crippen LogP contribution in [0, 0.1) is 17.1 Å². The molecule has 0 spiro atoms. The van der Waals surface area contributed by atoms with E-state index in [1.807, 2.05) is 0 Å². The van der Waals surface area contributed by atoms with Crippen molar-refractivity contribution in [2.45, 2.75) is 37.5 Å². The minimum atomic E-state index is -4.78. The monoisotopic (exact) mass is 370 g/mol. The van der Waals surface area contributed by atoms with Crippen LogP contribution in [-0.2, 0) is 11.2 Å². The molecule has 0 saturated carbocycles. The zero-order valence-electron chi connectivity index (χ0n) is 13.3. The quantitative estimate of drug-likeness (QED) is 0.689. The second kappa shape index (κ2) is 8.48. The number of ketones is 1. The average molecular weight is 370 g/mol. The van der Waals surface area contributed by atoms with Gasteiger partial charge in [-0.3, -0.25) is 10.1 Å². The Morgan fingerprint density at radius 1 is 1.38 bits per heavy atom. The molecule has 1 heterocycles. The fourth-order valence-electron chi connectivity index (χ4n) is 2.34. The molecule has 0 aliphatic rings. The van der Waals surface area contributed by atoms with Crippen LogP contribution in [-0.4, -0.2) is 38.6 Å². The predicted octanol–water partition coefficient (Wildman–Crippen LogP) is 2.02. The largest absolute Gasteiger partial charge is 0.407 e. The molecule has 0 fully saturated rings. The number of tetrazole rings is 1. The molecular formula is C15H14F4N6O. The standard InChI is InChI=1S/C15H14F4N6O/c16-10-4-1-3-9(7-10)14(15(17,18)19)21-11(12(26)5-2-6-20)8-13-22-24-25-23-13/h1,3-4,7,11,14,21H,2,5,8H2,(H,22,23,24,25)/t11-,14-/m0/s1. The number of carbonyl (C=O) groups is 1. The van der Waals surface area contributed by atoms with Gasteiger partial charge in [0.05, 0.1) is 12.1 Å². The Labute approximate surface area is 145 Å². The lowest BCUT2D eigenvalue weighted by Crippen LogP contribution is -2.46. The maximum atomic E-state index is 13.5. The number of nitriles is 1. The van der Waals surface area contributed by atoms with Crippen molar-refractivity contribution in [3.8, 4) is 6.07 Å². The smallest absolute Gasteiger partial charge is 0.298 e. The SMILES string of the molecule is N#CCCC(=O)[C@H](Cc1nn[nH]n1)N[C@@H](c1cccc(F)c1)C(F)(F)F. The number of aromatic nitrogens is 4. The Morgan fingerprint density at radius 2 is 2.15 bits per heavy atom. The summed E-state index contributed by atoms with van der Waals surface area (Å²) < 4.78 is 53.8. The van der Waals surface area contributed by atoms with E-state index in [2.05, 4.69) is 25.9 Å². The highest BCUT2D eigenvalue weighted by atomic mass is 19.4. The van der Waals surface area contributed by atoms with E-state index < -0.39 is 29.9 Å². The maximum absolute atomic E-state index is 13.5. The van der Waals surface area contributed by atoms with Crippen molar-refractivity contribution < 1.29 is 22.4 Å². The Hall–Kier alpha value is -2.87. The summed E-state index contributed by atoms with van der Waals surface area (Å²) >= 11 is 0. The number of hydrogen-bond donors (Lipinski definition) is 2. The van der Waals surface area contributed by atoms with Crippen LogP contribution in [0.2, 0.25) is 0 Å². The second-order valence-corrected chi connectivity index (χ2v) is 5.41. The molecule has 2 rings (SSSR count). The van der Waals surface area contributed by atoms with E-state index in [-0.39, 0.29) is 30.7 Å². The van der Waals surface area contributed by atoms with Crippen LogP contribution in [0.1, 0.15) is 30.3 Å². The average Bonchev–Trinajstić information content (AvgIpc) is 3.08. The lowest BCUT2D eigenvalue weighted by molar-refractivity contribution is -0.160. The summed E-state index contributed by atoms with van der Waals surface area (Å²) in [7, 11) is 0. The van der Waals surface area contributed by atoms with E-state index in [1.54, 1.807) is 6.07 Å². The number of nitrogens with one attached hydrogen (secondary N) is 2. The maximum Gasteiger partial charge on any atom is 0.407 e. The molecule has 26 heavy (non-hydrogen) atoms. The van der Waals surface area contributed by atoms with Gasteiger partial charge in [-0.05, 0) is 17.7 Å². The first-order chi connectivity index (χ1) is 12.3. The van der Waals surface area contributed by atoms with Gasteiger partial charge in [-0.1, -0.05) is 17.3 Å². The van der Waals surface area contributed by atoms with Gasteiger partial charge < -0.3 is 0 Å². The highest BCUT2D eigenvalue weighted by Crippen LogP contribution is 2.33. The van der Waals surface area contributed by atoms with E-state index in [1.165, 1.54) is 0 Å². The third-order valence-electron chi connectivity index (χ3n) is 3.52. The molecule has 2 aromatic rings. The molecular weight excluding hydrogens is 356 g/mol. The van der Waals surface area contributed by atoms with Gasteiger partial charge in [0.2, 0.25) is 0 Å². The van der Waals surface area contributed by atoms with E-state index in [4.69, 9.17) is 5.26 Å². The van der Waals surface area contributed by atoms with Gasteiger partial charge in [0.1, 0.15) is 11.9 Å². The molecule has 0 radical (unpaired) electrons. The summed E-state index contributed by atoms with van der Waals surface area (Å²) in [5.74, 6) is -1.40. The molecule has 7 nitrogen and oxygen atoms in total. The summed E-state index contributed by atoms with van der Waals surface area (Å²) in [6.45, 7) is 0. The third-order valence-corrected chi connectivity index (χ3v) is 3.52. The third kappa shape index (κ3) is 5.32. The molecule has 0 unspecified atom stereocenters. The number of benzene rings is 1. The molecule has 138 valence electrons. The number of halogens is 4. The summed E-state index contributed by atoms with van der Waals surface area (Å²) in [6, 6.07) is 2.19. The number of alkyl halides is 3. The highest BCUT2D eigenvalue weighted by molar-refractivity contribution is 5.84. The molecule has 0 bridgehead atoms. The van der Waals surface area contributed by atoms with Crippen molar-refractivity contribution in [2.75, 3.05) is 0 Å². The lowest BCUT2D eigenvalue weighted by Gasteiger charge is -2.26. The Bertz CT molecular complexity index is 771. The minimum absolute atomic E-state index is 0.0352. The normalized spacial score (nSPS) is 13.8. The Kier molecular flexibility index (Phi) is 6.35. The topological polar surface area (TPSA) is 107 Å². The fourth-order valence-corrected chi connectivity index (χ4v) is 2.34. The first kappa shape index (κ1) is 19.5. The minimum Gasteiger partial charge on any atom is -0.298 e. The number of hydrogen-bond acceptors (Lipinski definition) is 6. The Morgan fingerprint density at radius 3 is 2.73 bits per heavy atom. The van der Waals surface area contributed by atoms with E-state index >= 15 is 0 Å². The van der Waals surface area contributed by atoms with Crippen LogP contribution < -0.4 is 5.32 Å². The van der Waals surface area contributed by atoms with Crippen molar-refractivity contribution in [3.05, 3.63) is 41.5 Å². The number of rotatable bonds is 8. The molecule has 1 aromatic heterocycles. The molecule has 2 N–H and O–H groups in total. The molecule has 2 atom stereocenters. The molecule has 11 heteroatoms. The van der Waals surface area contributed by atoms with Crippen molar-refractivity contribution in [3.63, 3.8) is 0 Å². The summed E-state index contributed by atoms with van der Waals surface area (Å²) in [5, 5.41) is 23.5. The van der Waals surface area contributed by atoms with Crippen LogP contribution in [0.25, 0.3) is 0 Å². The van der Waals surface area contributed by atoms with Gasteiger partial charge in [0, 0.05) is 19.3 Å². The second-order valence-electron chi connectivity index (χ2n) is 5.41. The van der Waals surface area contributed by atoms with Gasteiger partial charge in [-0.2, -0.15) is 23.6 Å². The van der Waals surface area contributed by atoms with Gasteiger partial charge in [0.25, 0.3) is 0 Å². The van der Waals surface area contributed by atoms with Crippen LogP contribution in [0.4, 0.5) is 17.6 Å². The van der Waals surface area contributed by atoms with E-state index in [9.17, 15) is 22.4 Å². The van der Waals surface area contributed by atoms with Gasteiger partial charge in [-0.15, -0.1) is 10.2 Å². The lowest BCUT2D eigenvalue weighted by atomic mass is 10.00. The Balaban J connectivity index is 2.29. The number of Topliss-reactive ketones (excluding diaryl/α,β-unsaturated/α-hetero) is 1. The van der Waals surface area contributed by atoms with Crippen molar-refractivity contribution in [2.24, 2.45) is 0 Å². The first-order valence-corrected chi connectivity index (χ1v) is 7.51. The number of H-pyrrole nitrogens is 1. The van der Waals surface area contributed by atoms with E-state index in [0.29, 0.717) is 0 Å². The zero-order valence-corrected chi connectivity index (χ0v) is 13.3. The van der Waals surface area contributed by atoms with Crippen LogP contribution in [0.3, 0.4) is 0 Å². The molecule has 0 amide bonds. The molecule has 0 aliphatic heterocycles.